The Labute approximate surface area is 98.6 Å². The van der Waals surface area contributed by atoms with Crippen LogP contribution in [0.3, 0.4) is 0 Å². The lowest BCUT2D eigenvalue weighted by molar-refractivity contribution is -0.145. The molecule has 0 aliphatic heterocycles. The summed E-state index contributed by atoms with van der Waals surface area (Å²) in [6.45, 7) is 1.67. The third kappa shape index (κ3) is 2.22. The summed E-state index contributed by atoms with van der Waals surface area (Å²) in [7, 11) is 4.48. The number of aliphatic carboxylic acids is 1. The molecule has 1 rings (SSSR count). The van der Waals surface area contributed by atoms with Gasteiger partial charge in [-0.1, -0.05) is 0 Å². The molecule has 0 aliphatic rings. The normalized spacial score (nSPS) is 12.0. The predicted molar refractivity (Wildman–Crippen MR) is 58.7 cm³/mol. The molecule has 0 saturated heterocycles. The van der Waals surface area contributed by atoms with Crippen LogP contribution in [0.2, 0.25) is 0 Å². The smallest absolute Gasteiger partial charge is 0.331 e. The van der Waals surface area contributed by atoms with Gasteiger partial charge in [0, 0.05) is 14.1 Å². The van der Waals surface area contributed by atoms with Crippen LogP contribution in [-0.4, -0.2) is 46.3 Å². The summed E-state index contributed by atoms with van der Waals surface area (Å²) in [4.78, 5) is 23.0. The Bertz CT molecular complexity index is 441. The van der Waals surface area contributed by atoms with E-state index in [0.717, 1.165) is 4.90 Å². The molecule has 0 spiro atoms. The number of likely N-dealkylation sites (N-methyl/N-ethyl adjacent to an activating group) is 1. The standard InChI is InChI=1S/C10H15N3O4/c1-6-7(9(17-4)13(3)11-6)8(10(15)16)12(2)5-14/h5,8H,1-4H3,(H,15,16). The van der Waals surface area contributed by atoms with Gasteiger partial charge in [-0.25, -0.2) is 9.48 Å². The van der Waals surface area contributed by atoms with Crippen LogP contribution in [0.25, 0.3) is 0 Å². The minimum atomic E-state index is -1.13. The molecular formula is C10H15N3O4. The molecule has 0 fully saturated rings. The van der Waals surface area contributed by atoms with Crippen molar-refractivity contribution in [2.24, 2.45) is 7.05 Å². The number of amides is 1. The average Bonchev–Trinajstić information content (AvgIpc) is 2.53. The van der Waals surface area contributed by atoms with Crippen LogP contribution in [0.1, 0.15) is 17.3 Å². The van der Waals surface area contributed by atoms with Crippen molar-refractivity contribution >= 4 is 12.4 Å². The average molecular weight is 241 g/mol. The molecule has 0 saturated carbocycles. The number of carbonyl (C=O) groups is 2. The van der Waals surface area contributed by atoms with Crippen LogP contribution in [-0.2, 0) is 16.6 Å². The van der Waals surface area contributed by atoms with Gasteiger partial charge >= 0.3 is 5.97 Å². The van der Waals surface area contributed by atoms with Crippen molar-refractivity contribution in [2.45, 2.75) is 13.0 Å². The van der Waals surface area contributed by atoms with Gasteiger partial charge in [-0.2, -0.15) is 5.10 Å². The van der Waals surface area contributed by atoms with E-state index in [4.69, 9.17) is 4.74 Å². The maximum absolute atomic E-state index is 11.2. The lowest BCUT2D eigenvalue weighted by atomic mass is 10.1. The van der Waals surface area contributed by atoms with Crippen LogP contribution in [0.5, 0.6) is 5.88 Å². The van der Waals surface area contributed by atoms with Gasteiger partial charge in [-0.3, -0.25) is 4.79 Å². The number of hydrogen-bond donors (Lipinski definition) is 1. The van der Waals surface area contributed by atoms with Crippen LogP contribution in [0.4, 0.5) is 0 Å². The van der Waals surface area contributed by atoms with E-state index in [1.54, 1.807) is 14.0 Å². The van der Waals surface area contributed by atoms with Gasteiger partial charge in [0.1, 0.15) is 0 Å². The first-order chi connectivity index (χ1) is 7.93. The summed E-state index contributed by atoms with van der Waals surface area (Å²) in [5.74, 6) is -0.794. The van der Waals surface area contributed by atoms with E-state index in [-0.39, 0.29) is 0 Å². The van der Waals surface area contributed by atoms with Gasteiger partial charge < -0.3 is 14.7 Å². The molecule has 0 aliphatic carbocycles. The predicted octanol–water partition coefficient (Wildman–Crippen LogP) is -0.0490. The number of aromatic nitrogens is 2. The lowest BCUT2D eigenvalue weighted by Crippen LogP contribution is -2.30. The molecule has 17 heavy (non-hydrogen) atoms. The maximum Gasteiger partial charge on any atom is 0.331 e. The van der Waals surface area contributed by atoms with Gasteiger partial charge in [-0.05, 0) is 6.92 Å². The molecular weight excluding hydrogens is 226 g/mol. The Morgan fingerprint density at radius 3 is 2.65 bits per heavy atom. The van der Waals surface area contributed by atoms with Gasteiger partial charge in [0.25, 0.3) is 0 Å². The highest BCUT2D eigenvalue weighted by Crippen LogP contribution is 2.30. The monoisotopic (exact) mass is 241 g/mol. The molecule has 1 N–H and O–H groups in total. The molecule has 7 nitrogen and oxygen atoms in total. The minimum Gasteiger partial charge on any atom is -0.481 e. The molecule has 0 bridgehead atoms. The number of hydrogen-bond acceptors (Lipinski definition) is 4. The van der Waals surface area contributed by atoms with Gasteiger partial charge in [0.2, 0.25) is 12.3 Å². The molecule has 1 amide bonds. The molecule has 0 aromatic carbocycles. The van der Waals surface area contributed by atoms with Crippen LogP contribution in [0.15, 0.2) is 0 Å². The number of carbonyl (C=O) groups excluding carboxylic acids is 1. The van der Waals surface area contributed by atoms with Crippen LogP contribution < -0.4 is 4.74 Å². The van der Waals surface area contributed by atoms with Crippen molar-refractivity contribution in [3.8, 4) is 5.88 Å². The van der Waals surface area contributed by atoms with E-state index in [0.29, 0.717) is 23.5 Å². The second kappa shape index (κ2) is 4.86. The number of ether oxygens (including phenoxy) is 1. The third-order valence-electron chi connectivity index (χ3n) is 2.49. The highest BCUT2D eigenvalue weighted by molar-refractivity contribution is 5.79. The van der Waals surface area contributed by atoms with Gasteiger partial charge in [-0.15, -0.1) is 0 Å². The molecule has 94 valence electrons. The third-order valence-corrected chi connectivity index (χ3v) is 2.49. The van der Waals surface area contributed by atoms with Gasteiger partial charge in [0.15, 0.2) is 6.04 Å². The maximum atomic E-state index is 11.2. The SMILES string of the molecule is COc1c(C(C(=O)O)N(C)C=O)c(C)nn1C. The van der Waals surface area contributed by atoms with Crippen LogP contribution in [0, 0.1) is 6.92 Å². The van der Waals surface area contributed by atoms with Crippen molar-refractivity contribution in [3.63, 3.8) is 0 Å². The van der Waals surface area contributed by atoms with Crippen molar-refractivity contribution in [1.29, 1.82) is 0 Å². The molecule has 1 aromatic rings. The highest BCUT2D eigenvalue weighted by atomic mass is 16.5. The van der Waals surface area contributed by atoms with E-state index in [2.05, 4.69) is 5.10 Å². The van der Waals surface area contributed by atoms with E-state index in [9.17, 15) is 14.7 Å². The van der Waals surface area contributed by atoms with E-state index in [1.165, 1.54) is 18.8 Å². The number of aryl methyl sites for hydroxylation is 2. The molecule has 0 radical (unpaired) electrons. The fourth-order valence-corrected chi connectivity index (χ4v) is 1.77. The molecule has 7 heteroatoms. The summed E-state index contributed by atoms with van der Waals surface area (Å²) in [6, 6.07) is -1.10. The topological polar surface area (TPSA) is 84.7 Å². The zero-order valence-electron chi connectivity index (χ0n) is 10.2. The van der Waals surface area contributed by atoms with Crippen molar-refractivity contribution in [2.75, 3.05) is 14.2 Å². The van der Waals surface area contributed by atoms with E-state index < -0.39 is 12.0 Å². The zero-order valence-corrected chi connectivity index (χ0v) is 10.2. The summed E-state index contributed by atoms with van der Waals surface area (Å²) in [5, 5.41) is 13.3. The zero-order chi connectivity index (χ0) is 13.2. The Morgan fingerprint density at radius 1 is 1.65 bits per heavy atom. The Balaban J connectivity index is 3.37. The molecule has 1 unspecified atom stereocenters. The number of methoxy groups -OCH3 is 1. The first-order valence-electron chi connectivity index (χ1n) is 4.91. The number of rotatable bonds is 5. The summed E-state index contributed by atoms with van der Waals surface area (Å²) in [6.07, 6.45) is 0.463. The summed E-state index contributed by atoms with van der Waals surface area (Å²) >= 11 is 0. The van der Waals surface area contributed by atoms with Crippen molar-refractivity contribution in [1.82, 2.24) is 14.7 Å². The summed E-state index contributed by atoms with van der Waals surface area (Å²) < 4.78 is 6.56. The van der Waals surface area contributed by atoms with Crippen molar-refractivity contribution < 1.29 is 19.4 Å². The molecule has 1 heterocycles. The minimum absolute atomic E-state index is 0.337. The second-order valence-electron chi connectivity index (χ2n) is 3.64. The summed E-state index contributed by atoms with van der Waals surface area (Å²) in [5.41, 5.74) is 0.905. The molecule has 1 aromatic heterocycles. The van der Waals surface area contributed by atoms with Gasteiger partial charge in [0.05, 0.1) is 18.4 Å². The first-order valence-corrected chi connectivity index (χ1v) is 4.91. The fourth-order valence-electron chi connectivity index (χ4n) is 1.77. The highest BCUT2D eigenvalue weighted by Gasteiger charge is 2.31. The fraction of sp³-hybridized carbons (Fsp3) is 0.500. The number of nitrogens with zero attached hydrogens (tertiary/aromatic N) is 3. The Morgan fingerprint density at radius 2 is 2.24 bits per heavy atom. The van der Waals surface area contributed by atoms with E-state index >= 15 is 0 Å². The molecule has 1 atom stereocenters. The van der Waals surface area contributed by atoms with Crippen LogP contribution >= 0.6 is 0 Å². The van der Waals surface area contributed by atoms with E-state index in [1.807, 2.05) is 0 Å². The Kier molecular flexibility index (Phi) is 3.72. The lowest BCUT2D eigenvalue weighted by Gasteiger charge is -2.20. The second-order valence-corrected chi connectivity index (χ2v) is 3.64. The first kappa shape index (κ1) is 13.0. The number of carboxylic acids is 1. The largest absolute Gasteiger partial charge is 0.481 e. The number of carboxylic acid groups (broad SMARTS) is 1. The Hall–Kier alpha value is -2.05. The van der Waals surface area contributed by atoms with Crippen molar-refractivity contribution in [3.05, 3.63) is 11.3 Å². The quantitative estimate of drug-likeness (QED) is 0.731.